The first-order valence-electron chi connectivity index (χ1n) is 36.0. The Morgan fingerprint density at radius 3 is 1.08 bits per heavy atom. The summed E-state index contributed by atoms with van der Waals surface area (Å²) in [4.78, 5) is 13.1. The van der Waals surface area contributed by atoms with Crippen molar-refractivity contribution >= 4 is 5.91 Å². The average Bonchev–Trinajstić information content (AvgIpc) is 3.60. The molecule has 1 rings (SSSR count). The molecule has 0 aromatic heterocycles. The van der Waals surface area contributed by atoms with Crippen molar-refractivity contribution in [3.8, 4) is 0 Å². The minimum absolute atomic E-state index is 0.187. The Balaban J connectivity index is 2.12. The Bertz CT molecular complexity index is 1500. The molecular weight excluding hydrogens is 1030 g/mol. The van der Waals surface area contributed by atoms with Gasteiger partial charge in [-0.3, -0.25) is 4.79 Å². The van der Waals surface area contributed by atoms with Crippen LogP contribution in [0.3, 0.4) is 0 Å². The van der Waals surface area contributed by atoms with Crippen LogP contribution in [0.1, 0.15) is 348 Å². The molecule has 1 fully saturated rings. The van der Waals surface area contributed by atoms with Gasteiger partial charge in [-0.2, -0.15) is 0 Å². The Morgan fingerprint density at radius 2 is 0.723 bits per heavy atom. The van der Waals surface area contributed by atoms with Crippen molar-refractivity contribution in [2.45, 2.75) is 391 Å². The van der Waals surface area contributed by atoms with Gasteiger partial charge in [0.15, 0.2) is 6.29 Å². The van der Waals surface area contributed by atoms with Crippen LogP contribution in [0.15, 0.2) is 60.8 Å². The first-order valence-corrected chi connectivity index (χ1v) is 36.0. The summed E-state index contributed by atoms with van der Waals surface area (Å²) in [6.07, 6.45) is 80.6. The molecule has 0 bridgehead atoms. The van der Waals surface area contributed by atoms with Gasteiger partial charge in [-0.15, -0.1) is 0 Å². The molecule has 6 N–H and O–H groups in total. The van der Waals surface area contributed by atoms with Crippen LogP contribution in [-0.2, 0) is 14.3 Å². The van der Waals surface area contributed by atoms with Crippen LogP contribution in [0, 0.1) is 0 Å². The summed E-state index contributed by atoms with van der Waals surface area (Å²) in [6.45, 7) is 3.80. The van der Waals surface area contributed by atoms with Crippen LogP contribution < -0.4 is 5.32 Å². The molecule has 486 valence electrons. The molecule has 0 radical (unpaired) electrons. The fourth-order valence-corrected chi connectivity index (χ4v) is 11.4. The molecule has 83 heavy (non-hydrogen) atoms. The molecule has 9 nitrogen and oxygen atoms in total. The van der Waals surface area contributed by atoms with Crippen LogP contribution in [0.4, 0.5) is 0 Å². The number of nitrogens with one attached hydrogen (secondary N) is 1. The lowest BCUT2D eigenvalue weighted by molar-refractivity contribution is -0.302. The third kappa shape index (κ3) is 51.6. The van der Waals surface area contributed by atoms with Crippen LogP contribution in [0.2, 0.25) is 0 Å². The van der Waals surface area contributed by atoms with Gasteiger partial charge < -0.3 is 40.3 Å². The maximum Gasteiger partial charge on any atom is 0.220 e. The van der Waals surface area contributed by atoms with Gasteiger partial charge >= 0.3 is 0 Å². The van der Waals surface area contributed by atoms with Crippen molar-refractivity contribution in [3.05, 3.63) is 60.8 Å². The normalized spacial score (nSPS) is 18.6. The van der Waals surface area contributed by atoms with Crippen LogP contribution in [0.25, 0.3) is 0 Å². The van der Waals surface area contributed by atoms with Gasteiger partial charge in [-0.25, -0.2) is 0 Å². The number of carbonyl (C=O) groups is 1. The lowest BCUT2D eigenvalue weighted by Gasteiger charge is -2.40. The zero-order chi connectivity index (χ0) is 60.0. The van der Waals surface area contributed by atoms with Gasteiger partial charge in [-0.05, 0) is 77.0 Å². The number of aliphatic hydroxyl groups excluding tert-OH is 5. The Kier molecular flexibility index (Phi) is 59.8. The number of hydrogen-bond donors (Lipinski definition) is 6. The molecule has 0 saturated carbocycles. The number of amides is 1. The molecular formula is C74H137NO8. The summed E-state index contributed by atoms with van der Waals surface area (Å²) in [5.41, 5.74) is 0. The summed E-state index contributed by atoms with van der Waals surface area (Å²) in [5.74, 6) is -0.187. The van der Waals surface area contributed by atoms with E-state index < -0.39 is 49.5 Å². The number of ether oxygens (including phenoxy) is 2. The van der Waals surface area contributed by atoms with E-state index in [1.807, 2.05) is 6.08 Å². The molecule has 1 heterocycles. The molecule has 1 aliphatic heterocycles. The summed E-state index contributed by atoms with van der Waals surface area (Å²) in [6, 6.07) is -0.831. The van der Waals surface area contributed by atoms with E-state index in [0.717, 1.165) is 51.4 Å². The molecule has 1 aliphatic rings. The number of unbranched alkanes of at least 4 members (excludes halogenated alkanes) is 45. The van der Waals surface area contributed by atoms with Crippen LogP contribution >= 0.6 is 0 Å². The van der Waals surface area contributed by atoms with Crippen molar-refractivity contribution in [3.63, 3.8) is 0 Å². The molecule has 7 unspecified atom stereocenters. The van der Waals surface area contributed by atoms with Crippen molar-refractivity contribution in [2.75, 3.05) is 13.2 Å². The molecule has 0 aromatic rings. The predicted molar refractivity (Wildman–Crippen MR) is 355 cm³/mol. The second-order valence-electron chi connectivity index (χ2n) is 25.0. The minimum atomic E-state index is -1.58. The first-order chi connectivity index (χ1) is 40.8. The van der Waals surface area contributed by atoms with Gasteiger partial charge in [0.2, 0.25) is 5.91 Å². The molecule has 0 aliphatic carbocycles. The topological polar surface area (TPSA) is 149 Å². The second kappa shape index (κ2) is 62.9. The van der Waals surface area contributed by atoms with Crippen molar-refractivity contribution in [1.82, 2.24) is 5.32 Å². The lowest BCUT2D eigenvalue weighted by atomic mass is 9.99. The van der Waals surface area contributed by atoms with E-state index in [1.54, 1.807) is 6.08 Å². The van der Waals surface area contributed by atoms with Crippen molar-refractivity contribution < 1.29 is 39.8 Å². The number of hydrogen-bond acceptors (Lipinski definition) is 8. The number of carbonyl (C=O) groups excluding carboxylic acids is 1. The van der Waals surface area contributed by atoms with Gasteiger partial charge in [0.1, 0.15) is 24.4 Å². The highest BCUT2D eigenvalue weighted by Gasteiger charge is 2.44. The van der Waals surface area contributed by atoms with Crippen molar-refractivity contribution in [2.24, 2.45) is 0 Å². The maximum atomic E-state index is 13.1. The van der Waals surface area contributed by atoms with E-state index in [0.29, 0.717) is 6.42 Å². The summed E-state index contributed by atoms with van der Waals surface area (Å²) in [7, 11) is 0. The van der Waals surface area contributed by atoms with E-state index in [2.05, 4.69) is 67.8 Å². The summed E-state index contributed by atoms with van der Waals surface area (Å²) in [5, 5.41) is 54.7. The molecule has 1 amide bonds. The Hall–Kier alpha value is -2.11. The van der Waals surface area contributed by atoms with Crippen LogP contribution in [-0.4, -0.2) is 87.5 Å². The van der Waals surface area contributed by atoms with Gasteiger partial charge in [0.05, 0.1) is 25.4 Å². The molecule has 0 aromatic carbocycles. The average molecular weight is 1170 g/mol. The molecule has 9 heteroatoms. The third-order valence-corrected chi connectivity index (χ3v) is 17.0. The zero-order valence-corrected chi connectivity index (χ0v) is 54.5. The fraction of sp³-hybridized carbons (Fsp3) is 0.851. The minimum Gasteiger partial charge on any atom is -0.394 e. The van der Waals surface area contributed by atoms with Crippen LogP contribution in [0.5, 0.6) is 0 Å². The molecule has 1 saturated heterocycles. The third-order valence-electron chi connectivity index (χ3n) is 17.0. The highest BCUT2D eigenvalue weighted by molar-refractivity contribution is 5.76. The predicted octanol–water partition coefficient (Wildman–Crippen LogP) is 19.8. The monoisotopic (exact) mass is 1170 g/mol. The lowest BCUT2D eigenvalue weighted by Crippen LogP contribution is -2.60. The first kappa shape index (κ1) is 78.9. The number of rotatable bonds is 63. The fourth-order valence-electron chi connectivity index (χ4n) is 11.4. The van der Waals surface area contributed by atoms with E-state index in [1.165, 1.54) is 276 Å². The molecule has 0 spiro atoms. The van der Waals surface area contributed by atoms with Gasteiger partial charge in [0.25, 0.3) is 0 Å². The van der Waals surface area contributed by atoms with E-state index in [9.17, 15) is 30.3 Å². The maximum absolute atomic E-state index is 13.1. The summed E-state index contributed by atoms with van der Waals surface area (Å²) >= 11 is 0. The summed E-state index contributed by atoms with van der Waals surface area (Å²) < 4.78 is 11.3. The Labute approximate surface area is 513 Å². The van der Waals surface area contributed by atoms with Crippen molar-refractivity contribution in [1.29, 1.82) is 0 Å². The van der Waals surface area contributed by atoms with E-state index in [-0.39, 0.29) is 12.5 Å². The highest BCUT2D eigenvalue weighted by atomic mass is 16.7. The largest absolute Gasteiger partial charge is 0.394 e. The van der Waals surface area contributed by atoms with E-state index >= 15 is 0 Å². The standard InChI is InChI=1S/C74H137NO8/c1-3-5-7-9-11-13-15-17-19-21-23-25-27-28-29-30-31-32-33-34-35-36-37-38-39-40-42-44-46-48-50-52-54-56-58-60-62-64-70(78)75-67(66-82-74-73(81)72(80)71(79)69(65-76)83-74)68(77)63-61-59-57-55-53-51-49-47-45-43-41-26-24-22-20-18-16-14-12-10-8-6-4-2/h29-30,32-33,45,47,53,55,61,63,67-69,71-74,76-77,79-81H,3-28,31,34-44,46,48-52,54,56-60,62,64-66H2,1-2H3,(H,75,78)/b30-29-,33-32-,47-45+,55-53+,63-61+. The second-order valence-corrected chi connectivity index (χ2v) is 25.0. The van der Waals surface area contributed by atoms with E-state index in [4.69, 9.17) is 9.47 Å². The number of aliphatic hydroxyl groups is 5. The number of allylic oxidation sites excluding steroid dienone is 9. The SMILES string of the molecule is CCCCCCCCCCCCCCC/C=C\C/C=C\CCCCCCCCCCCCCCCCCCCC(=O)NC(COC1OC(CO)C(O)C(O)C1O)C(O)/C=C/CC/C=C/CC/C=C/CCCCCCCCCCCCCCC. The zero-order valence-electron chi connectivity index (χ0n) is 54.5. The van der Waals surface area contributed by atoms with Gasteiger partial charge in [0, 0.05) is 6.42 Å². The smallest absolute Gasteiger partial charge is 0.220 e. The Morgan fingerprint density at radius 1 is 0.410 bits per heavy atom. The molecule has 7 atom stereocenters. The quantitative estimate of drug-likeness (QED) is 0.0261. The van der Waals surface area contributed by atoms with Gasteiger partial charge in [-0.1, -0.05) is 325 Å². The highest BCUT2D eigenvalue weighted by Crippen LogP contribution is 2.23.